The molecular weight excluding hydrogens is 294 g/mol. The van der Waals surface area contributed by atoms with Crippen LogP contribution in [0.3, 0.4) is 0 Å². The SMILES string of the molecule is Cc1ccc(C(O)c2[nH]c3ccccc3c2-c2ccccc2)cc1. The number of hydrogen-bond donors (Lipinski definition) is 2. The Labute approximate surface area is 141 Å². The standard InChI is InChI=1S/C22H19NO/c1-15-11-13-17(14-12-15)22(24)21-20(16-7-3-2-4-8-16)18-9-5-6-10-19(18)23-21/h2-14,22-24H,1H3. The van der Waals surface area contributed by atoms with Crippen molar-refractivity contribution >= 4 is 10.9 Å². The Balaban J connectivity index is 1.93. The fraction of sp³-hybridized carbons (Fsp3) is 0.0909. The molecule has 4 aromatic rings. The molecule has 4 rings (SSSR count). The maximum absolute atomic E-state index is 11.0. The molecule has 0 saturated carbocycles. The first-order chi connectivity index (χ1) is 11.7. The van der Waals surface area contributed by atoms with Crippen LogP contribution in [0.4, 0.5) is 0 Å². The van der Waals surface area contributed by atoms with Crippen molar-refractivity contribution in [3.63, 3.8) is 0 Å². The van der Waals surface area contributed by atoms with Crippen molar-refractivity contribution in [1.82, 2.24) is 4.98 Å². The molecule has 24 heavy (non-hydrogen) atoms. The van der Waals surface area contributed by atoms with Crippen LogP contribution in [0.5, 0.6) is 0 Å². The highest BCUT2D eigenvalue weighted by Gasteiger charge is 2.20. The van der Waals surface area contributed by atoms with E-state index in [2.05, 4.69) is 30.1 Å². The minimum Gasteiger partial charge on any atom is -0.382 e. The van der Waals surface area contributed by atoms with Crippen LogP contribution in [0.15, 0.2) is 78.9 Å². The number of benzene rings is 3. The van der Waals surface area contributed by atoms with Gasteiger partial charge >= 0.3 is 0 Å². The lowest BCUT2D eigenvalue weighted by molar-refractivity contribution is 0.217. The topological polar surface area (TPSA) is 36.0 Å². The van der Waals surface area contributed by atoms with Gasteiger partial charge in [0.25, 0.3) is 0 Å². The number of aryl methyl sites for hydroxylation is 1. The van der Waals surface area contributed by atoms with Gasteiger partial charge in [0.15, 0.2) is 0 Å². The van der Waals surface area contributed by atoms with Crippen LogP contribution in [0.1, 0.15) is 22.9 Å². The van der Waals surface area contributed by atoms with Gasteiger partial charge in [0, 0.05) is 16.5 Å². The first-order valence-electron chi connectivity index (χ1n) is 8.14. The number of hydrogen-bond acceptors (Lipinski definition) is 1. The number of aliphatic hydroxyl groups excluding tert-OH is 1. The summed E-state index contributed by atoms with van der Waals surface area (Å²) < 4.78 is 0. The molecule has 0 fully saturated rings. The average Bonchev–Trinajstić information content (AvgIpc) is 3.02. The van der Waals surface area contributed by atoms with Gasteiger partial charge in [-0.05, 0) is 24.1 Å². The molecule has 2 heteroatoms. The largest absolute Gasteiger partial charge is 0.382 e. The predicted octanol–water partition coefficient (Wildman–Crippen LogP) is 5.23. The Kier molecular flexibility index (Phi) is 3.68. The lowest BCUT2D eigenvalue weighted by Crippen LogP contribution is -2.02. The fourth-order valence-corrected chi connectivity index (χ4v) is 3.20. The second kappa shape index (κ2) is 5.99. The number of H-pyrrole nitrogens is 1. The third kappa shape index (κ3) is 2.51. The average molecular weight is 313 g/mol. The molecular formula is C22H19NO. The van der Waals surface area contributed by atoms with E-state index in [-0.39, 0.29) is 0 Å². The monoisotopic (exact) mass is 313 g/mol. The van der Waals surface area contributed by atoms with Crippen LogP contribution in [0, 0.1) is 6.92 Å². The molecule has 0 saturated heterocycles. The van der Waals surface area contributed by atoms with E-state index in [0.29, 0.717) is 0 Å². The molecule has 1 unspecified atom stereocenters. The summed E-state index contributed by atoms with van der Waals surface area (Å²) >= 11 is 0. The van der Waals surface area contributed by atoms with E-state index in [1.807, 2.05) is 60.7 Å². The van der Waals surface area contributed by atoms with E-state index in [1.54, 1.807) is 0 Å². The second-order valence-corrected chi connectivity index (χ2v) is 6.14. The molecule has 0 amide bonds. The number of aromatic nitrogens is 1. The lowest BCUT2D eigenvalue weighted by Gasteiger charge is -2.13. The van der Waals surface area contributed by atoms with Gasteiger partial charge in [-0.15, -0.1) is 0 Å². The van der Waals surface area contributed by atoms with Crippen LogP contribution in [-0.4, -0.2) is 10.1 Å². The quantitative estimate of drug-likeness (QED) is 0.534. The van der Waals surface area contributed by atoms with Crippen molar-refractivity contribution in [3.05, 3.63) is 95.7 Å². The summed E-state index contributed by atoms with van der Waals surface area (Å²) in [5, 5.41) is 12.1. The number of rotatable bonds is 3. The fourth-order valence-electron chi connectivity index (χ4n) is 3.20. The zero-order valence-electron chi connectivity index (χ0n) is 13.5. The number of para-hydroxylation sites is 1. The predicted molar refractivity (Wildman–Crippen MR) is 99.0 cm³/mol. The molecule has 0 bridgehead atoms. The van der Waals surface area contributed by atoms with Crippen LogP contribution in [-0.2, 0) is 0 Å². The lowest BCUT2D eigenvalue weighted by atomic mass is 9.96. The first kappa shape index (κ1) is 14.7. The molecule has 118 valence electrons. The van der Waals surface area contributed by atoms with Crippen LogP contribution in [0.25, 0.3) is 22.0 Å². The van der Waals surface area contributed by atoms with Crippen molar-refractivity contribution in [2.75, 3.05) is 0 Å². The number of aliphatic hydroxyl groups is 1. The Morgan fingerprint density at radius 3 is 2.21 bits per heavy atom. The summed E-state index contributed by atoms with van der Waals surface area (Å²) in [7, 11) is 0. The Bertz CT molecular complexity index is 968. The Morgan fingerprint density at radius 1 is 0.792 bits per heavy atom. The summed E-state index contributed by atoms with van der Waals surface area (Å²) in [6, 6.07) is 26.5. The van der Waals surface area contributed by atoms with Gasteiger partial charge in [-0.2, -0.15) is 0 Å². The van der Waals surface area contributed by atoms with Gasteiger partial charge in [0.1, 0.15) is 6.10 Å². The molecule has 2 N–H and O–H groups in total. The molecule has 0 aliphatic rings. The van der Waals surface area contributed by atoms with Crippen molar-refractivity contribution in [2.24, 2.45) is 0 Å². The molecule has 0 spiro atoms. The molecule has 0 aliphatic heterocycles. The molecule has 1 aromatic heterocycles. The van der Waals surface area contributed by atoms with Crippen LogP contribution < -0.4 is 0 Å². The summed E-state index contributed by atoms with van der Waals surface area (Å²) in [5.41, 5.74) is 6.13. The van der Waals surface area contributed by atoms with Gasteiger partial charge < -0.3 is 10.1 Å². The maximum Gasteiger partial charge on any atom is 0.119 e. The van der Waals surface area contributed by atoms with Gasteiger partial charge in [0.05, 0.1) is 5.69 Å². The molecule has 1 heterocycles. The highest BCUT2D eigenvalue weighted by Crippen LogP contribution is 2.37. The van der Waals surface area contributed by atoms with E-state index in [9.17, 15) is 5.11 Å². The zero-order valence-corrected chi connectivity index (χ0v) is 13.5. The smallest absolute Gasteiger partial charge is 0.119 e. The van der Waals surface area contributed by atoms with Gasteiger partial charge in [-0.3, -0.25) is 0 Å². The number of nitrogens with one attached hydrogen (secondary N) is 1. The Morgan fingerprint density at radius 2 is 1.46 bits per heavy atom. The molecule has 3 aromatic carbocycles. The van der Waals surface area contributed by atoms with Crippen molar-refractivity contribution in [1.29, 1.82) is 0 Å². The molecule has 0 radical (unpaired) electrons. The summed E-state index contributed by atoms with van der Waals surface area (Å²) in [6.07, 6.45) is -0.687. The first-order valence-corrected chi connectivity index (χ1v) is 8.14. The summed E-state index contributed by atoms with van der Waals surface area (Å²) in [4.78, 5) is 3.43. The number of fused-ring (bicyclic) bond motifs is 1. The van der Waals surface area contributed by atoms with Gasteiger partial charge in [0.2, 0.25) is 0 Å². The third-order valence-electron chi connectivity index (χ3n) is 4.46. The van der Waals surface area contributed by atoms with Crippen molar-refractivity contribution < 1.29 is 5.11 Å². The zero-order chi connectivity index (χ0) is 16.5. The van der Waals surface area contributed by atoms with Crippen LogP contribution in [0.2, 0.25) is 0 Å². The van der Waals surface area contributed by atoms with Gasteiger partial charge in [-0.25, -0.2) is 0 Å². The van der Waals surface area contributed by atoms with Gasteiger partial charge in [-0.1, -0.05) is 78.4 Å². The highest BCUT2D eigenvalue weighted by molar-refractivity contribution is 5.97. The van der Waals surface area contributed by atoms with Crippen molar-refractivity contribution in [2.45, 2.75) is 13.0 Å². The van der Waals surface area contributed by atoms with Crippen LogP contribution >= 0.6 is 0 Å². The van der Waals surface area contributed by atoms with E-state index in [4.69, 9.17) is 0 Å². The normalized spacial score (nSPS) is 12.4. The molecule has 1 atom stereocenters. The summed E-state index contributed by atoms with van der Waals surface area (Å²) in [5.74, 6) is 0. The molecule has 2 nitrogen and oxygen atoms in total. The third-order valence-corrected chi connectivity index (χ3v) is 4.46. The highest BCUT2D eigenvalue weighted by atomic mass is 16.3. The van der Waals surface area contributed by atoms with Crippen molar-refractivity contribution in [3.8, 4) is 11.1 Å². The minimum atomic E-state index is -0.687. The van der Waals surface area contributed by atoms with E-state index in [0.717, 1.165) is 33.3 Å². The number of aromatic amines is 1. The van der Waals surface area contributed by atoms with E-state index < -0.39 is 6.10 Å². The summed E-state index contributed by atoms with van der Waals surface area (Å²) in [6.45, 7) is 2.05. The molecule has 0 aliphatic carbocycles. The van der Waals surface area contributed by atoms with E-state index >= 15 is 0 Å². The second-order valence-electron chi connectivity index (χ2n) is 6.14. The minimum absolute atomic E-state index is 0.687. The Hall–Kier alpha value is -2.84. The van der Waals surface area contributed by atoms with E-state index in [1.165, 1.54) is 5.56 Å². The maximum atomic E-state index is 11.0.